The number of halogens is 1. The molecule has 3 rings (SSSR count). The zero-order valence-electron chi connectivity index (χ0n) is 17.8. The molecule has 32 heavy (non-hydrogen) atoms. The molecule has 168 valence electrons. The average molecular weight is 457 g/mol. The van der Waals surface area contributed by atoms with Gasteiger partial charge in [-0.15, -0.1) is 0 Å². The number of carbonyl (C=O) groups excluding carboxylic acids is 1. The molecule has 1 aliphatic heterocycles. The lowest BCUT2D eigenvalue weighted by Gasteiger charge is -2.25. The lowest BCUT2D eigenvalue weighted by atomic mass is 10.1. The first-order chi connectivity index (χ1) is 15.6. The fourth-order valence-corrected chi connectivity index (χ4v) is 3.42. The lowest BCUT2D eigenvalue weighted by Crippen LogP contribution is -2.42. The second kappa shape index (κ2) is 12.1. The molecule has 1 aliphatic rings. The molecule has 0 spiro atoms. The van der Waals surface area contributed by atoms with Crippen LogP contribution in [0.2, 0.25) is 5.02 Å². The van der Waals surface area contributed by atoms with Gasteiger partial charge in [-0.1, -0.05) is 29.8 Å². The topological polar surface area (TPSA) is 96.2 Å². The molecule has 1 saturated heterocycles. The Bertz CT molecular complexity index is 1000. The first-order valence-corrected chi connectivity index (χ1v) is 10.7. The molecule has 2 aromatic carbocycles. The van der Waals surface area contributed by atoms with Gasteiger partial charge in [0.2, 0.25) is 0 Å². The SMILES string of the molecule is CCOc1cc(/C=N/NC(=O)CN2CCOCC2)cc(Cl)c1OCc1ccccc1C#N. The molecule has 0 saturated carbocycles. The van der Waals surface area contributed by atoms with Gasteiger partial charge in [0.15, 0.2) is 11.5 Å². The number of hydrogen-bond donors (Lipinski definition) is 1. The molecule has 8 nitrogen and oxygen atoms in total. The molecular formula is C23H25ClN4O4. The van der Waals surface area contributed by atoms with Gasteiger partial charge >= 0.3 is 0 Å². The highest BCUT2D eigenvalue weighted by Gasteiger charge is 2.15. The van der Waals surface area contributed by atoms with Gasteiger partial charge in [-0.25, -0.2) is 5.43 Å². The Kier molecular flexibility index (Phi) is 8.87. The number of nitrogens with zero attached hydrogens (tertiary/aromatic N) is 3. The van der Waals surface area contributed by atoms with Crippen LogP contribution in [0.1, 0.15) is 23.6 Å². The molecule has 1 fully saturated rings. The van der Waals surface area contributed by atoms with Crippen LogP contribution in [0.4, 0.5) is 0 Å². The fraction of sp³-hybridized carbons (Fsp3) is 0.348. The number of morpholine rings is 1. The largest absolute Gasteiger partial charge is 0.490 e. The Hall–Kier alpha value is -3.12. The quantitative estimate of drug-likeness (QED) is 0.460. The Morgan fingerprint density at radius 3 is 2.84 bits per heavy atom. The normalized spacial score (nSPS) is 14.2. The number of benzene rings is 2. The summed E-state index contributed by atoms with van der Waals surface area (Å²) >= 11 is 6.44. The summed E-state index contributed by atoms with van der Waals surface area (Å²) in [5.74, 6) is 0.640. The second-order valence-corrected chi connectivity index (χ2v) is 7.41. The van der Waals surface area contributed by atoms with Gasteiger partial charge in [-0.05, 0) is 30.7 Å². The molecule has 2 aromatic rings. The maximum Gasteiger partial charge on any atom is 0.254 e. The van der Waals surface area contributed by atoms with Crippen molar-refractivity contribution in [1.29, 1.82) is 5.26 Å². The molecule has 0 bridgehead atoms. The van der Waals surface area contributed by atoms with E-state index in [0.717, 1.165) is 18.7 Å². The second-order valence-electron chi connectivity index (χ2n) is 7.00. The van der Waals surface area contributed by atoms with E-state index >= 15 is 0 Å². The Balaban J connectivity index is 1.65. The van der Waals surface area contributed by atoms with Crippen LogP contribution in [0.25, 0.3) is 0 Å². The number of ether oxygens (including phenoxy) is 3. The van der Waals surface area contributed by atoms with E-state index in [1.807, 2.05) is 24.0 Å². The van der Waals surface area contributed by atoms with Crippen LogP contribution in [0.15, 0.2) is 41.5 Å². The zero-order chi connectivity index (χ0) is 22.8. The number of hydrazone groups is 1. The van der Waals surface area contributed by atoms with Crippen LogP contribution in [0.3, 0.4) is 0 Å². The summed E-state index contributed by atoms with van der Waals surface area (Å²) in [6.45, 7) is 5.43. The van der Waals surface area contributed by atoms with Crippen LogP contribution in [0.5, 0.6) is 11.5 Å². The minimum atomic E-state index is -0.199. The third kappa shape index (κ3) is 6.69. The smallest absolute Gasteiger partial charge is 0.254 e. The van der Waals surface area contributed by atoms with Gasteiger partial charge in [-0.3, -0.25) is 9.69 Å². The number of rotatable bonds is 9. The summed E-state index contributed by atoms with van der Waals surface area (Å²) in [6.07, 6.45) is 1.50. The molecule has 1 amide bonds. The number of amides is 1. The Labute approximate surface area is 192 Å². The first kappa shape index (κ1) is 23.5. The molecule has 0 atom stereocenters. The van der Waals surface area contributed by atoms with Gasteiger partial charge in [0.25, 0.3) is 5.91 Å². The van der Waals surface area contributed by atoms with E-state index in [9.17, 15) is 10.1 Å². The fourth-order valence-electron chi connectivity index (χ4n) is 3.15. The van der Waals surface area contributed by atoms with E-state index in [4.69, 9.17) is 25.8 Å². The molecule has 0 aliphatic carbocycles. The van der Waals surface area contributed by atoms with Gasteiger partial charge in [0.05, 0.1) is 49.2 Å². The maximum absolute atomic E-state index is 12.1. The van der Waals surface area contributed by atoms with Crippen LogP contribution >= 0.6 is 11.6 Å². The van der Waals surface area contributed by atoms with E-state index in [1.54, 1.807) is 24.3 Å². The standard InChI is InChI=1S/C23H25ClN4O4/c1-2-31-21-12-17(14-26-27-22(29)15-28-7-9-30-10-8-28)11-20(24)23(21)32-16-19-6-4-3-5-18(19)13-25/h3-6,11-12,14H,2,7-10,15-16H2,1H3,(H,27,29)/b26-14+. The van der Waals surface area contributed by atoms with E-state index < -0.39 is 0 Å². The van der Waals surface area contributed by atoms with Gasteiger partial charge in [-0.2, -0.15) is 10.4 Å². The van der Waals surface area contributed by atoms with Crippen molar-refractivity contribution in [2.75, 3.05) is 39.5 Å². The van der Waals surface area contributed by atoms with Gasteiger partial charge in [0.1, 0.15) is 6.61 Å². The minimum absolute atomic E-state index is 0.175. The Morgan fingerprint density at radius 1 is 1.31 bits per heavy atom. The molecular weight excluding hydrogens is 432 g/mol. The predicted molar refractivity (Wildman–Crippen MR) is 121 cm³/mol. The lowest BCUT2D eigenvalue weighted by molar-refractivity contribution is -0.123. The highest BCUT2D eigenvalue weighted by atomic mass is 35.5. The third-order valence-corrected chi connectivity index (χ3v) is 5.00. The predicted octanol–water partition coefficient (Wildman–Crippen LogP) is 2.97. The maximum atomic E-state index is 12.1. The highest BCUT2D eigenvalue weighted by Crippen LogP contribution is 2.37. The summed E-state index contributed by atoms with van der Waals surface area (Å²) in [5, 5.41) is 13.6. The number of carbonyl (C=O) groups is 1. The number of hydrogen-bond acceptors (Lipinski definition) is 7. The molecule has 1 heterocycles. The molecule has 1 N–H and O–H groups in total. The minimum Gasteiger partial charge on any atom is -0.490 e. The van der Waals surface area contributed by atoms with Gasteiger partial charge in [0, 0.05) is 18.7 Å². The summed E-state index contributed by atoms with van der Waals surface area (Å²) in [7, 11) is 0. The van der Waals surface area contributed by atoms with Crippen molar-refractivity contribution in [3.63, 3.8) is 0 Å². The highest BCUT2D eigenvalue weighted by molar-refractivity contribution is 6.32. The molecule has 9 heteroatoms. The van der Waals surface area contributed by atoms with Crippen molar-refractivity contribution >= 4 is 23.7 Å². The Morgan fingerprint density at radius 2 is 2.09 bits per heavy atom. The van der Waals surface area contributed by atoms with Crippen LogP contribution in [-0.2, 0) is 16.1 Å². The van der Waals surface area contributed by atoms with E-state index in [1.165, 1.54) is 6.21 Å². The average Bonchev–Trinajstić information content (AvgIpc) is 2.79. The van der Waals surface area contributed by atoms with Crippen molar-refractivity contribution in [2.45, 2.75) is 13.5 Å². The van der Waals surface area contributed by atoms with Crippen molar-refractivity contribution in [3.05, 3.63) is 58.1 Å². The van der Waals surface area contributed by atoms with Crippen LogP contribution < -0.4 is 14.9 Å². The van der Waals surface area contributed by atoms with Crippen molar-refractivity contribution < 1.29 is 19.0 Å². The van der Waals surface area contributed by atoms with Crippen molar-refractivity contribution in [1.82, 2.24) is 10.3 Å². The number of nitriles is 1. The molecule has 0 aromatic heterocycles. The van der Waals surface area contributed by atoms with Crippen molar-refractivity contribution in [3.8, 4) is 17.6 Å². The number of nitrogens with one attached hydrogen (secondary N) is 1. The summed E-state index contributed by atoms with van der Waals surface area (Å²) in [6, 6.07) is 12.8. The van der Waals surface area contributed by atoms with Crippen molar-refractivity contribution in [2.24, 2.45) is 5.10 Å². The van der Waals surface area contributed by atoms with Crippen LogP contribution in [0, 0.1) is 11.3 Å². The third-order valence-electron chi connectivity index (χ3n) is 4.72. The summed E-state index contributed by atoms with van der Waals surface area (Å²) < 4.78 is 16.9. The van der Waals surface area contributed by atoms with E-state index in [2.05, 4.69) is 16.6 Å². The molecule has 0 radical (unpaired) electrons. The summed E-state index contributed by atoms with van der Waals surface area (Å²) in [4.78, 5) is 14.1. The van der Waals surface area contributed by atoms with Crippen LogP contribution in [-0.4, -0.2) is 56.5 Å². The van der Waals surface area contributed by atoms with Gasteiger partial charge < -0.3 is 14.2 Å². The van der Waals surface area contributed by atoms with E-state index in [-0.39, 0.29) is 19.1 Å². The summed E-state index contributed by atoms with van der Waals surface area (Å²) in [5.41, 5.74) is 4.47. The zero-order valence-corrected chi connectivity index (χ0v) is 18.6. The molecule has 0 unspecified atom stereocenters. The first-order valence-electron chi connectivity index (χ1n) is 10.3. The van der Waals surface area contributed by atoms with E-state index in [0.29, 0.717) is 47.5 Å². The monoisotopic (exact) mass is 456 g/mol.